The predicted molar refractivity (Wildman–Crippen MR) is 107 cm³/mol. The summed E-state index contributed by atoms with van der Waals surface area (Å²) in [5.74, 6) is 2.04. The van der Waals surface area contributed by atoms with E-state index < -0.39 is 0 Å². The van der Waals surface area contributed by atoms with Crippen LogP contribution in [0.5, 0.6) is 5.75 Å². The van der Waals surface area contributed by atoms with Gasteiger partial charge in [-0.05, 0) is 55.7 Å². The van der Waals surface area contributed by atoms with Gasteiger partial charge in [0.15, 0.2) is 0 Å². The average Bonchev–Trinajstić information content (AvgIpc) is 2.68. The quantitative estimate of drug-likeness (QED) is 0.829. The van der Waals surface area contributed by atoms with E-state index in [-0.39, 0.29) is 17.9 Å². The van der Waals surface area contributed by atoms with Crippen LogP contribution in [-0.2, 0) is 11.4 Å². The van der Waals surface area contributed by atoms with Gasteiger partial charge in [0, 0.05) is 23.2 Å². The Morgan fingerprint density at radius 1 is 1.00 bits per heavy atom. The standard InChI is InChI=1S/C23H28N2O2/c24-22-16-8-6-9-17(22)14-19(13-16)23(26)25-21-12-5-4-7-18(21)15-27-20-10-2-1-3-11-20/h1-5,7,10-12,16-17,19,22H,6,8-9,13-15,24H2,(H,25,26). The monoisotopic (exact) mass is 364 g/mol. The first-order valence-electron chi connectivity index (χ1n) is 10.0. The van der Waals surface area contributed by atoms with E-state index in [9.17, 15) is 4.79 Å². The molecule has 2 aliphatic rings. The number of fused-ring (bicyclic) bond motifs is 2. The molecule has 0 spiro atoms. The summed E-state index contributed by atoms with van der Waals surface area (Å²) < 4.78 is 5.87. The number of carbonyl (C=O) groups excluding carboxylic acids is 1. The molecule has 27 heavy (non-hydrogen) atoms. The van der Waals surface area contributed by atoms with Gasteiger partial charge in [0.1, 0.15) is 12.4 Å². The Balaban J connectivity index is 1.41. The Hall–Kier alpha value is -2.33. The van der Waals surface area contributed by atoms with Crippen LogP contribution < -0.4 is 15.8 Å². The summed E-state index contributed by atoms with van der Waals surface area (Å²) in [4.78, 5) is 12.9. The lowest BCUT2D eigenvalue weighted by Gasteiger charge is -2.43. The molecular formula is C23H28N2O2. The highest BCUT2D eigenvalue weighted by molar-refractivity contribution is 5.93. The summed E-state index contributed by atoms with van der Waals surface area (Å²) in [6, 6.07) is 17.9. The van der Waals surface area contributed by atoms with E-state index in [4.69, 9.17) is 10.5 Å². The van der Waals surface area contributed by atoms with Crippen molar-refractivity contribution in [2.45, 2.75) is 44.8 Å². The van der Waals surface area contributed by atoms with Gasteiger partial charge in [-0.3, -0.25) is 4.79 Å². The van der Waals surface area contributed by atoms with E-state index in [2.05, 4.69) is 5.32 Å². The molecule has 4 rings (SSSR count). The molecule has 142 valence electrons. The second kappa shape index (κ2) is 8.13. The topological polar surface area (TPSA) is 64.4 Å². The molecule has 2 saturated carbocycles. The minimum Gasteiger partial charge on any atom is -0.489 e. The van der Waals surface area contributed by atoms with Crippen molar-refractivity contribution in [2.24, 2.45) is 23.5 Å². The molecule has 2 aliphatic carbocycles. The summed E-state index contributed by atoms with van der Waals surface area (Å²) in [7, 11) is 0. The van der Waals surface area contributed by atoms with E-state index in [0.717, 1.165) is 29.8 Å². The first-order chi connectivity index (χ1) is 13.2. The van der Waals surface area contributed by atoms with Crippen LogP contribution in [-0.4, -0.2) is 11.9 Å². The molecule has 3 N–H and O–H groups in total. The van der Waals surface area contributed by atoms with Crippen molar-refractivity contribution in [2.75, 3.05) is 5.32 Å². The maximum atomic E-state index is 12.9. The maximum Gasteiger partial charge on any atom is 0.227 e. The van der Waals surface area contributed by atoms with E-state index in [1.165, 1.54) is 19.3 Å². The van der Waals surface area contributed by atoms with Crippen molar-refractivity contribution in [1.29, 1.82) is 0 Å². The summed E-state index contributed by atoms with van der Waals surface area (Å²) >= 11 is 0. The number of benzene rings is 2. The molecule has 2 aromatic carbocycles. The summed E-state index contributed by atoms with van der Waals surface area (Å²) in [5, 5.41) is 3.16. The Morgan fingerprint density at radius 3 is 2.41 bits per heavy atom. The Bertz CT molecular complexity index is 763. The van der Waals surface area contributed by atoms with Gasteiger partial charge >= 0.3 is 0 Å². The number of para-hydroxylation sites is 2. The molecule has 2 fully saturated rings. The highest BCUT2D eigenvalue weighted by Crippen LogP contribution is 2.42. The van der Waals surface area contributed by atoms with Crippen LogP contribution in [0.25, 0.3) is 0 Å². The number of ether oxygens (including phenoxy) is 1. The lowest BCUT2D eigenvalue weighted by Crippen LogP contribution is -2.48. The number of hydrogen-bond donors (Lipinski definition) is 2. The zero-order chi connectivity index (χ0) is 18.6. The molecule has 2 bridgehead atoms. The SMILES string of the molecule is NC1C2CCCC1CC(C(=O)Nc1ccccc1COc1ccccc1)C2. The second-order valence-electron chi connectivity index (χ2n) is 7.94. The van der Waals surface area contributed by atoms with Gasteiger partial charge < -0.3 is 15.8 Å². The van der Waals surface area contributed by atoms with Crippen LogP contribution in [0, 0.1) is 17.8 Å². The largest absolute Gasteiger partial charge is 0.489 e. The fraction of sp³-hybridized carbons (Fsp3) is 0.435. The third kappa shape index (κ3) is 4.16. The van der Waals surface area contributed by atoms with E-state index in [1.54, 1.807) is 0 Å². The summed E-state index contributed by atoms with van der Waals surface area (Å²) in [6.45, 7) is 0.432. The number of hydrogen-bond acceptors (Lipinski definition) is 3. The molecule has 0 radical (unpaired) electrons. The van der Waals surface area contributed by atoms with Gasteiger partial charge in [-0.2, -0.15) is 0 Å². The molecule has 2 aromatic rings. The fourth-order valence-electron chi connectivity index (χ4n) is 4.68. The second-order valence-corrected chi connectivity index (χ2v) is 7.94. The molecule has 0 aliphatic heterocycles. The lowest BCUT2D eigenvalue weighted by atomic mass is 9.65. The molecule has 2 atom stereocenters. The van der Waals surface area contributed by atoms with Crippen LogP contribution in [0.2, 0.25) is 0 Å². The van der Waals surface area contributed by atoms with Gasteiger partial charge in [0.05, 0.1) is 0 Å². The molecule has 4 nitrogen and oxygen atoms in total. The van der Waals surface area contributed by atoms with Crippen LogP contribution >= 0.6 is 0 Å². The van der Waals surface area contributed by atoms with E-state index in [0.29, 0.717) is 18.4 Å². The first-order valence-corrected chi connectivity index (χ1v) is 10.0. The van der Waals surface area contributed by atoms with Crippen LogP contribution in [0.15, 0.2) is 54.6 Å². The van der Waals surface area contributed by atoms with Gasteiger partial charge in [-0.1, -0.05) is 42.8 Å². The first kappa shape index (κ1) is 18.1. The predicted octanol–water partition coefficient (Wildman–Crippen LogP) is 4.36. The minimum atomic E-state index is 0.0724. The van der Waals surface area contributed by atoms with Gasteiger partial charge in [-0.25, -0.2) is 0 Å². The molecule has 1 amide bonds. The third-order valence-corrected chi connectivity index (χ3v) is 6.20. The highest BCUT2D eigenvalue weighted by atomic mass is 16.5. The molecular weight excluding hydrogens is 336 g/mol. The van der Waals surface area contributed by atoms with Gasteiger partial charge in [-0.15, -0.1) is 0 Å². The van der Waals surface area contributed by atoms with Crippen LogP contribution in [0.1, 0.15) is 37.7 Å². The van der Waals surface area contributed by atoms with Gasteiger partial charge in [0.25, 0.3) is 0 Å². The van der Waals surface area contributed by atoms with E-state index >= 15 is 0 Å². The number of nitrogens with one attached hydrogen (secondary N) is 1. The Morgan fingerprint density at radius 2 is 1.67 bits per heavy atom. The van der Waals surface area contributed by atoms with Crippen molar-refractivity contribution < 1.29 is 9.53 Å². The van der Waals surface area contributed by atoms with Gasteiger partial charge in [0.2, 0.25) is 5.91 Å². The number of carbonyl (C=O) groups is 1. The smallest absolute Gasteiger partial charge is 0.227 e. The van der Waals surface area contributed by atoms with Crippen molar-refractivity contribution in [3.8, 4) is 5.75 Å². The maximum absolute atomic E-state index is 12.9. The zero-order valence-corrected chi connectivity index (χ0v) is 15.6. The molecule has 4 heteroatoms. The summed E-state index contributed by atoms with van der Waals surface area (Å²) in [5.41, 5.74) is 8.20. The van der Waals surface area contributed by atoms with Crippen molar-refractivity contribution in [3.63, 3.8) is 0 Å². The minimum absolute atomic E-state index is 0.0724. The zero-order valence-electron chi connectivity index (χ0n) is 15.6. The third-order valence-electron chi connectivity index (χ3n) is 6.20. The molecule has 0 heterocycles. The van der Waals surface area contributed by atoms with E-state index in [1.807, 2.05) is 54.6 Å². The molecule has 2 unspecified atom stereocenters. The van der Waals surface area contributed by atoms with Crippen LogP contribution in [0.4, 0.5) is 5.69 Å². The Kier molecular flexibility index (Phi) is 5.44. The molecule has 0 aromatic heterocycles. The van der Waals surface area contributed by atoms with Crippen molar-refractivity contribution in [3.05, 3.63) is 60.2 Å². The van der Waals surface area contributed by atoms with Crippen molar-refractivity contribution >= 4 is 11.6 Å². The normalized spacial score (nSPS) is 27.0. The fourth-order valence-corrected chi connectivity index (χ4v) is 4.68. The Labute approximate surface area is 161 Å². The molecule has 0 saturated heterocycles. The van der Waals surface area contributed by atoms with Crippen LogP contribution in [0.3, 0.4) is 0 Å². The highest BCUT2D eigenvalue weighted by Gasteiger charge is 2.40. The number of anilines is 1. The number of rotatable bonds is 5. The number of nitrogens with two attached hydrogens (primary N) is 1. The lowest BCUT2D eigenvalue weighted by molar-refractivity contribution is -0.122. The van der Waals surface area contributed by atoms with Crippen molar-refractivity contribution in [1.82, 2.24) is 0 Å². The number of amides is 1. The average molecular weight is 364 g/mol. The summed E-state index contributed by atoms with van der Waals surface area (Å²) in [6.07, 6.45) is 5.45.